The van der Waals surface area contributed by atoms with Gasteiger partial charge in [-0.2, -0.15) is 0 Å². The van der Waals surface area contributed by atoms with Crippen LogP contribution in [0.15, 0.2) is 18.3 Å². The van der Waals surface area contributed by atoms with Crippen LogP contribution in [0.25, 0.3) is 0 Å². The van der Waals surface area contributed by atoms with Gasteiger partial charge in [-0.3, -0.25) is 4.90 Å². The Morgan fingerprint density at radius 1 is 1.22 bits per heavy atom. The highest BCUT2D eigenvalue weighted by atomic mass is 15.3. The van der Waals surface area contributed by atoms with Crippen molar-refractivity contribution >= 4 is 5.82 Å². The number of hydrogen-bond donors (Lipinski definition) is 1. The number of rotatable bonds is 4. The minimum absolute atomic E-state index is 0.483. The van der Waals surface area contributed by atoms with Crippen LogP contribution in [0.1, 0.15) is 31.9 Å². The number of piperazine rings is 1. The van der Waals surface area contributed by atoms with Crippen molar-refractivity contribution in [2.45, 2.75) is 26.3 Å². The number of nitrogen functional groups attached to an aromatic ring is 1. The highest BCUT2D eigenvalue weighted by Gasteiger charge is 2.23. The minimum Gasteiger partial charge on any atom is -0.384 e. The minimum atomic E-state index is 0.483. The van der Waals surface area contributed by atoms with Crippen LogP contribution >= 0.6 is 0 Å². The third-order valence-electron chi connectivity index (χ3n) is 3.88. The van der Waals surface area contributed by atoms with E-state index in [1.54, 1.807) is 0 Å². The summed E-state index contributed by atoms with van der Waals surface area (Å²) < 4.78 is 0. The maximum atomic E-state index is 5.65. The molecule has 18 heavy (non-hydrogen) atoms. The molecule has 0 amide bonds. The Kier molecular flexibility index (Phi) is 4.55. The van der Waals surface area contributed by atoms with Crippen LogP contribution in [0.4, 0.5) is 5.82 Å². The molecule has 0 bridgehead atoms. The maximum Gasteiger partial charge on any atom is 0.123 e. The largest absolute Gasteiger partial charge is 0.384 e. The van der Waals surface area contributed by atoms with Gasteiger partial charge in [0.15, 0.2) is 0 Å². The standard InChI is InChI=1S/C14H24N4/c1-3-13(12-5-6-14(15)16-11-12)18-9-7-17(4-2)8-10-18/h5-6,11,13H,3-4,7-10H2,1-2H3,(H2,15,16). The Balaban J connectivity index is 2.03. The first-order chi connectivity index (χ1) is 8.74. The Hall–Kier alpha value is -1.13. The van der Waals surface area contributed by atoms with Gasteiger partial charge in [0, 0.05) is 38.4 Å². The predicted octanol–water partition coefficient (Wildman–Crippen LogP) is 1.75. The molecule has 0 saturated carbocycles. The number of nitrogens with two attached hydrogens (primary N) is 1. The van der Waals surface area contributed by atoms with Gasteiger partial charge in [0.1, 0.15) is 5.82 Å². The Labute approximate surface area is 110 Å². The third kappa shape index (κ3) is 3.00. The summed E-state index contributed by atoms with van der Waals surface area (Å²) in [5, 5.41) is 0. The van der Waals surface area contributed by atoms with E-state index >= 15 is 0 Å². The van der Waals surface area contributed by atoms with Gasteiger partial charge in [-0.25, -0.2) is 4.98 Å². The molecule has 1 unspecified atom stereocenters. The summed E-state index contributed by atoms with van der Waals surface area (Å²) >= 11 is 0. The number of pyridine rings is 1. The van der Waals surface area contributed by atoms with Gasteiger partial charge in [0.25, 0.3) is 0 Å². The molecular formula is C14H24N4. The van der Waals surface area contributed by atoms with E-state index in [-0.39, 0.29) is 0 Å². The van der Waals surface area contributed by atoms with E-state index in [0.717, 1.165) is 26.1 Å². The van der Waals surface area contributed by atoms with E-state index in [1.165, 1.54) is 18.7 Å². The van der Waals surface area contributed by atoms with Gasteiger partial charge >= 0.3 is 0 Å². The molecular weight excluding hydrogens is 224 g/mol. The van der Waals surface area contributed by atoms with Gasteiger partial charge in [0.05, 0.1) is 0 Å². The summed E-state index contributed by atoms with van der Waals surface area (Å²) in [6.07, 6.45) is 3.05. The molecule has 4 nitrogen and oxygen atoms in total. The second-order valence-electron chi connectivity index (χ2n) is 4.91. The normalized spacial score (nSPS) is 19.9. The van der Waals surface area contributed by atoms with Gasteiger partial charge in [-0.05, 0) is 24.6 Å². The zero-order valence-electron chi connectivity index (χ0n) is 11.5. The zero-order valence-corrected chi connectivity index (χ0v) is 11.5. The van der Waals surface area contributed by atoms with Crippen molar-refractivity contribution < 1.29 is 0 Å². The van der Waals surface area contributed by atoms with E-state index in [2.05, 4.69) is 34.7 Å². The average Bonchev–Trinajstić information content (AvgIpc) is 2.42. The summed E-state index contributed by atoms with van der Waals surface area (Å²) in [6.45, 7) is 10.3. The van der Waals surface area contributed by atoms with Crippen LogP contribution in [0, 0.1) is 0 Å². The van der Waals surface area contributed by atoms with Crippen LogP contribution in [-0.2, 0) is 0 Å². The van der Waals surface area contributed by atoms with Crippen LogP contribution in [0.5, 0.6) is 0 Å². The molecule has 0 aliphatic carbocycles. The van der Waals surface area contributed by atoms with Crippen molar-refractivity contribution in [3.05, 3.63) is 23.9 Å². The lowest BCUT2D eigenvalue weighted by atomic mass is 10.0. The highest BCUT2D eigenvalue weighted by molar-refractivity contribution is 5.30. The highest BCUT2D eigenvalue weighted by Crippen LogP contribution is 2.25. The molecule has 0 aromatic carbocycles. The van der Waals surface area contributed by atoms with E-state index in [1.807, 2.05) is 12.3 Å². The molecule has 2 N–H and O–H groups in total. The monoisotopic (exact) mass is 248 g/mol. The van der Waals surface area contributed by atoms with Crippen LogP contribution < -0.4 is 5.73 Å². The molecule has 1 aromatic rings. The van der Waals surface area contributed by atoms with Crippen molar-refractivity contribution in [2.24, 2.45) is 0 Å². The molecule has 0 spiro atoms. The molecule has 100 valence electrons. The van der Waals surface area contributed by atoms with Crippen LogP contribution in [0.2, 0.25) is 0 Å². The van der Waals surface area contributed by atoms with Gasteiger partial charge in [0.2, 0.25) is 0 Å². The second-order valence-corrected chi connectivity index (χ2v) is 4.91. The molecule has 4 heteroatoms. The van der Waals surface area contributed by atoms with Crippen molar-refractivity contribution in [1.29, 1.82) is 0 Å². The fourth-order valence-electron chi connectivity index (χ4n) is 2.71. The molecule has 1 saturated heterocycles. The fourth-order valence-corrected chi connectivity index (χ4v) is 2.71. The molecule has 1 atom stereocenters. The lowest BCUT2D eigenvalue weighted by Crippen LogP contribution is -2.47. The first-order valence-corrected chi connectivity index (χ1v) is 6.92. The zero-order chi connectivity index (χ0) is 13.0. The van der Waals surface area contributed by atoms with Crippen LogP contribution in [0.3, 0.4) is 0 Å². The Morgan fingerprint density at radius 3 is 2.44 bits per heavy atom. The number of hydrogen-bond acceptors (Lipinski definition) is 4. The van der Waals surface area contributed by atoms with Crippen LogP contribution in [-0.4, -0.2) is 47.5 Å². The van der Waals surface area contributed by atoms with E-state index in [4.69, 9.17) is 5.73 Å². The quantitative estimate of drug-likeness (QED) is 0.882. The lowest BCUT2D eigenvalue weighted by molar-refractivity contribution is 0.0970. The first-order valence-electron chi connectivity index (χ1n) is 6.92. The third-order valence-corrected chi connectivity index (χ3v) is 3.88. The maximum absolute atomic E-state index is 5.65. The first kappa shape index (κ1) is 13.3. The van der Waals surface area contributed by atoms with Gasteiger partial charge < -0.3 is 10.6 Å². The molecule has 1 fully saturated rings. The van der Waals surface area contributed by atoms with Crippen molar-refractivity contribution in [3.63, 3.8) is 0 Å². The fraction of sp³-hybridized carbons (Fsp3) is 0.643. The molecule has 2 rings (SSSR count). The number of likely N-dealkylation sites (N-methyl/N-ethyl adjacent to an activating group) is 1. The van der Waals surface area contributed by atoms with Gasteiger partial charge in [-0.15, -0.1) is 0 Å². The second kappa shape index (κ2) is 6.16. The van der Waals surface area contributed by atoms with Crippen molar-refractivity contribution in [2.75, 3.05) is 38.5 Å². The number of nitrogens with zero attached hydrogens (tertiary/aromatic N) is 3. The van der Waals surface area contributed by atoms with E-state index in [0.29, 0.717) is 11.9 Å². The summed E-state index contributed by atoms with van der Waals surface area (Å²) in [6, 6.07) is 4.50. The smallest absolute Gasteiger partial charge is 0.123 e. The SMILES string of the molecule is CCC(c1ccc(N)nc1)N1CCN(CC)CC1. The van der Waals surface area contributed by atoms with E-state index in [9.17, 15) is 0 Å². The summed E-state index contributed by atoms with van der Waals surface area (Å²) in [5.74, 6) is 0.601. The average molecular weight is 248 g/mol. The van der Waals surface area contributed by atoms with Gasteiger partial charge in [-0.1, -0.05) is 19.9 Å². The molecule has 1 aliphatic heterocycles. The van der Waals surface area contributed by atoms with E-state index < -0.39 is 0 Å². The summed E-state index contributed by atoms with van der Waals surface area (Å²) in [7, 11) is 0. The number of anilines is 1. The molecule has 1 aliphatic rings. The summed E-state index contributed by atoms with van der Waals surface area (Å²) in [4.78, 5) is 9.29. The predicted molar refractivity (Wildman–Crippen MR) is 75.4 cm³/mol. The Bertz CT molecular complexity index is 355. The topological polar surface area (TPSA) is 45.4 Å². The molecule has 1 aromatic heterocycles. The van der Waals surface area contributed by atoms with Crippen molar-refractivity contribution in [3.8, 4) is 0 Å². The molecule has 2 heterocycles. The number of aromatic nitrogens is 1. The lowest BCUT2D eigenvalue weighted by Gasteiger charge is -2.38. The molecule has 0 radical (unpaired) electrons. The summed E-state index contributed by atoms with van der Waals surface area (Å²) in [5.41, 5.74) is 6.94. The Morgan fingerprint density at radius 2 is 1.94 bits per heavy atom. The van der Waals surface area contributed by atoms with Crippen molar-refractivity contribution in [1.82, 2.24) is 14.8 Å².